The summed E-state index contributed by atoms with van der Waals surface area (Å²) in [5.41, 5.74) is 0. The fourth-order valence-corrected chi connectivity index (χ4v) is 10.6. The lowest BCUT2D eigenvalue weighted by Crippen LogP contribution is -2.60. The Kier molecular flexibility index (Phi) is 54.5. The quantitative estimate of drug-likeness (QED) is 0.0261. The lowest BCUT2D eigenvalue weighted by Gasteiger charge is -2.40. The zero-order valence-corrected chi connectivity index (χ0v) is 50.5. The van der Waals surface area contributed by atoms with E-state index in [1.165, 1.54) is 257 Å². The van der Waals surface area contributed by atoms with Gasteiger partial charge in [-0.2, -0.15) is 0 Å². The maximum Gasteiger partial charge on any atom is 0.220 e. The molecule has 452 valence electrons. The highest BCUT2D eigenvalue weighted by atomic mass is 16.7. The van der Waals surface area contributed by atoms with Crippen molar-refractivity contribution in [3.63, 3.8) is 0 Å². The number of ether oxygens (including phenoxy) is 2. The van der Waals surface area contributed by atoms with Crippen molar-refractivity contribution in [2.24, 2.45) is 0 Å². The third-order valence-electron chi connectivity index (χ3n) is 15.9. The first-order chi connectivity index (χ1) is 37.8. The normalized spacial score (nSPS) is 19.0. The van der Waals surface area contributed by atoms with Crippen molar-refractivity contribution >= 4 is 5.91 Å². The molecule has 9 heteroatoms. The fourth-order valence-electron chi connectivity index (χ4n) is 10.6. The van der Waals surface area contributed by atoms with Crippen LogP contribution >= 0.6 is 0 Å². The van der Waals surface area contributed by atoms with Crippen LogP contribution in [0.4, 0.5) is 0 Å². The highest BCUT2D eigenvalue weighted by molar-refractivity contribution is 5.76. The van der Waals surface area contributed by atoms with Crippen molar-refractivity contribution < 1.29 is 39.8 Å². The van der Waals surface area contributed by atoms with E-state index >= 15 is 0 Å². The highest BCUT2D eigenvalue weighted by Crippen LogP contribution is 2.23. The second kappa shape index (κ2) is 57.4. The molecule has 1 heterocycles. The van der Waals surface area contributed by atoms with Crippen LogP contribution in [0.15, 0.2) is 48.6 Å². The second-order valence-corrected chi connectivity index (χ2v) is 23.2. The van der Waals surface area contributed by atoms with Crippen molar-refractivity contribution in [2.75, 3.05) is 13.2 Å². The maximum atomic E-state index is 13.1. The van der Waals surface area contributed by atoms with Gasteiger partial charge in [-0.3, -0.25) is 4.79 Å². The first-order valence-electron chi connectivity index (χ1n) is 33.4. The summed E-state index contributed by atoms with van der Waals surface area (Å²) >= 11 is 0. The van der Waals surface area contributed by atoms with Crippen LogP contribution in [-0.2, 0) is 14.3 Å². The Morgan fingerprint density at radius 3 is 1.09 bits per heavy atom. The number of rotatable bonds is 58. The van der Waals surface area contributed by atoms with E-state index in [0.717, 1.165) is 44.9 Å². The second-order valence-electron chi connectivity index (χ2n) is 23.2. The molecule has 1 saturated heterocycles. The summed E-state index contributed by atoms with van der Waals surface area (Å²) in [6.07, 6.45) is 70.7. The molecule has 77 heavy (non-hydrogen) atoms. The van der Waals surface area contributed by atoms with Crippen LogP contribution in [0.2, 0.25) is 0 Å². The maximum absolute atomic E-state index is 13.1. The van der Waals surface area contributed by atoms with Crippen LogP contribution in [0.25, 0.3) is 0 Å². The first kappa shape index (κ1) is 73.2. The smallest absolute Gasteiger partial charge is 0.220 e. The van der Waals surface area contributed by atoms with Crippen molar-refractivity contribution in [1.29, 1.82) is 0 Å². The van der Waals surface area contributed by atoms with E-state index < -0.39 is 49.5 Å². The largest absolute Gasteiger partial charge is 0.394 e. The Balaban J connectivity index is 2.19. The average Bonchev–Trinajstić information content (AvgIpc) is 3.43. The molecule has 6 N–H and O–H groups in total. The predicted octanol–water partition coefficient (Wildman–Crippen LogP) is 17.6. The molecule has 9 nitrogen and oxygen atoms in total. The molecule has 7 unspecified atom stereocenters. The number of aliphatic hydroxyl groups is 5. The molecule has 1 aliphatic rings. The molecule has 0 aromatic carbocycles. The standard InChI is InChI=1S/C68H127NO8/c1-3-5-7-9-11-13-15-17-19-21-23-25-27-28-29-30-31-32-33-34-36-37-39-41-43-45-47-49-51-53-55-57-62(71)61(60-76-68-67(75)66(74)65(73)63(59-70)77-68)69-64(72)58-56-54-52-50-48-46-44-42-40-38-35-26-24-22-20-18-16-14-12-10-8-6-4-2/h22,24,39,41,47,49,55,57,61-63,65-68,70-71,73-75H,3-21,23,25-38,40,42-46,48,50-54,56,58-60H2,1-2H3,(H,69,72)/b24-22-,41-39+,49-47+,57-55+. The molecule has 0 aromatic heterocycles. The average molecular weight is 1090 g/mol. The zero-order chi connectivity index (χ0) is 55.8. The van der Waals surface area contributed by atoms with Crippen molar-refractivity contribution in [3.05, 3.63) is 48.6 Å². The summed E-state index contributed by atoms with van der Waals surface area (Å²) in [6, 6.07) is -0.831. The van der Waals surface area contributed by atoms with Gasteiger partial charge in [0.2, 0.25) is 5.91 Å². The summed E-state index contributed by atoms with van der Waals surface area (Å²) in [5, 5.41) is 54.6. The van der Waals surface area contributed by atoms with Gasteiger partial charge in [0, 0.05) is 6.42 Å². The summed E-state index contributed by atoms with van der Waals surface area (Å²) in [4.78, 5) is 13.1. The minimum atomic E-state index is -1.58. The van der Waals surface area contributed by atoms with Gasteiger partial charge >= 0.3 is 0 Å². The topological polar surface area (TPSA) is 149 Å². The van der Waals surface area contributed by atoms with E-state index in [0.29, 0.717) is 6.42 Å². The van der Waals surface area contributed by atoms with Crippen LogP contribution in [0, 0.1) is 0 Å². The molecule has 0 aromatic rings. The Labute approximate surface area is 475 Å². The van der Waals surface area contributed by atoms with E-state index in [9.17, 15) is 30.3 Å². The van der Waals surface area contributed by atoms with Gasteiger partial charge in [0.05, 0.1) is 25.4 Å². The number of allylic oxidation sites excluding steroid dienone is 7. The monoisotopic (exact) mass is 1090 g/mol. The Bertz CT molecular complexity index is 1350. The molecule has 1 aliphatic heterocycles. The van der Waals surface area contributed by atoms with Gasteiger partial charge in [0.25, 0.3) is 0 Å². The minimum Gasteiger partial charge on any atom is -0.394 e. The summed E-state index contributed by atoms with van der Waals surface area (Å²) in [5.74, 6) is -0.188. The molecular weight excluding hydrogens is 959 g/mol. The van der Waals surface area contributed by atoms with Gasteiger partial charge < -0.3 is 40.3 Å². The van der Waals surface area contributed by atoms with E-state index in [-0.39, 0.29) is 12.5 Å². The van der Waals surface area contributed by atoms with Gasteiger partial charge in [-0.15, -0.1) is 0 Å². The molecule has 0 saturated carbocycles. The number of hydrogen-bond acceptors (Lipinski definition) is 8. The Morgan fingerprint density at radius 2 is 0.740 bits per heavy atom. The van der Waals surface area contributed by atoms with E-state index in [1.54, 1.807) is 6.08 Å². The van der Waals surface area contributed by atoms with Gasteiger partial charge in [0.1, 0.15) is 24.4 Å². The lowest BCUT2D eigenvalue weighted by atomic mass is 9.99. The summed E-state index contributed by atoms with van der Waals surface area (Å²) in [6.45, 7) is 3.80. The molecule has 1 rings (SSSR count). The molecule has 0 radical (unpaired) electrons. The molecule has 1 fully saturated rings. The van der Waals surface area contributed by atoms with Crippen molar-refractivity contribution in [3.8, 4) is 0 Å². The van der Waals surface area contributed by atoms with E-state index in [1.807, 2.05) is 6.08 Å². The van der Waals surface area contributed by atoms with E-state index in [4.69, 9.17) is 9.47 Å². The van der Waals surface area contributed by atoms with Gasteiger partial charge in [-0.1, -0.05) is 294 Å². The molecule has 7 atom stereocenters. The molecule has 1 amide bonds. The third-order valence-corrected chi connectivity index (χ3v) is 15.9. The fraction of sp³-hybridized carbons (Fsp3) is 0.868. The number of aliphatic hydroxyl groups excluding tert-OH is 5. The Hall–Kier alpha value is -1.85. The van der Waals surface area contributed by atoms with Gasteiger partial charge in [0.15, 0.2) is 6.29 Å². The number of unbranched alkanes of at least 4 members (excludes halogenated alkanes) is 42. The molecule has 0 aliphatic carbocycles. The number of carbonyl (C=O) groups excluding carboxylic acids is 1. The zero-order valence-electron chi connectivity index (χ0n) is 50.5. The van der Waals surface area contributed by atoms with Crippen LogP contribution in [-0.4, -0.2) is 87.5 Å². The van der Waals surface area contributed by atoms with Crippen LogP contribution < -0.4 is 5.32 Å². The molecule has 0 bridgehead atoms. The molecular formula is C68H127NO8. The molecule has 0 spiro atoms. The number of carbonyl (C=O) groups is 1. The van der Waals surface area contributed by atoms with Gasteiger partial charge in [-0.05, 0) is 70.6 Å². The van der Waals surface area contributed by atoms with Crippen LogP contribution in [0.1, 0.15) is 322 Å². The Morgan fingerprint density at radius 1 is 0.429 bits per heavy atom. The number of amides is 1. The van der Waals surface area contributed by atoms with Crippen LogP contribution in [0.5, 0.6) is 0 Å². The number of nitrogens with one attached hydrogen (secondary N) is 1. The van der Waals surface area contributed by atoms with Crippen molar-refractivity contribution in [2.45, 2.75) is 365 Å². The van der Waals surface area contributed by atoms with E-state index in [2.05, 4.69) is 55.6 Å². The lowest BCUT2D eigenvalue weighted by molar-refractivity contribution is -0.302. The van der Waals surface area contributed by atoms with Crippen LogP contribution in [0.3, 0.4) is 0 Å². The minimum absolute atomic E-state index is 0.188. The highest BCUT2D eigenvalue weighted by Gasteiger charge is 2.44. The third kappa shape index (κ3) is 46.5. The predicted molar refractivity (Wildman–Crippen MR) is 327 cm³/mol. The number of hydrogen-bond donors (Lipinski definition) is 6. The SMILES string of the molecule is CCCCCCCCCC/C=C\CCCCCCCCCCCCCC(=O)NC(COC1OC(CO)C(O)C(O)C1O)C(O)/C=C/CC/C=C/CC/C=C/CCCCCCCCCCCCCCCCCCCCCCC. The summed E-state index contributed by atoms with van der Waals surface area (Å²) < 4.78 is 11.3. The van der Waals surface area contributed by atoms with Crippen molar-refractivity contribution in [1.82, 2.24) is 5.32 Å². The summed E-state index contributed by atoms with van der Waals surface area (Å²) in [7, 11) is 0. The first-order valence-corrected chi connectivity index (χ1v) is 33.4. The van der Waals surface area contributed by atoms with Gasteiger partial charge in [-0.25, -0.2) is 0 Å².